The van der Waals surface area contributed by atoms with Crippen molar-refractivity contribution in [2.24, 2.45) is 0 Å². The maximum absolute atomic E-state index is 12.2. The number of imide groups is 1. The van der Waals surface area contributed by atoms with Crippen molar-refractivity contribution < 1.29 is 35.4 Å². The molecular weight excluding hydrogens is 327 g/mol. The van der Waals surface area contributed by atoms with Gasteiger partial charge in [0.05, 0.1) is 23.8 Å². The second-order valence-electron chi connectivity index (χ2n) is 4.56. The first kappa shape index (κ1) is 16.4. The number of carbonyl (C=O) groups excluding carboxylic acids is 2. The van der Waals surface area contributed by atoms with Crippen molar-refractivity contribution in [3.8, 4) is 0 Å². The van der Waals surface area contributed by atoms with Crippen LogP contribution in [0, 0.1) is 0 Å². The number of hydrogen-bond acceptors (Lipinski definition) is 5. The lowest BCUT2D eigenvalue weighted by Crippen LogP contribution is -2.42. The molecule has 0 saturated carbocycles. The number of benzene rings is 1. The Bertz CT molecular complexity index is 694. The standard InChI is InChI=1S/C12H10F3NO5S/c1-7(6-21-22(19,20)12(13,14)15)16-10(17)8-4-2-3-5-9(8)11(16)18/h2-5,7H,6H2,1H3. The van der Waals surface area contributed by atoms with Gasteiger partial charge < -0.3 is 0 Å². The molecule has 1 aromatic carbocycles. The van der Waals surface area contributed by atoms with Crippen LogP contribution in [-0.4, -0.2) is 43.3 Å². The van der Waals surface area contributed by atoms with Crippen LogP contribution in [0.1, 0.15) is 27.6 Å². The largest absolute Gasteiger partial charge is 0.523 e. The number of amides is 2. The van der Waals surface area contributed by atoms with Crippen molar-refractivity contribution in [1.29, 1.82) is 0 Å². The number of carbonyl (C=O) groups is 2. The van der Waals surface area contributed by atoms with Crippen molar-refractivity contribution in [3.63, 3.8) is 0 Å². The third-order valence-electron chi connectivity index (χ3n) is 3.01. The summed E-state index contributed by atoms with van der Waals surface area (Å²) < 4.78 is 62.0. The van der Waals surface area contributed by atoms with Crippen LogP contribution in [0.4, 0.5) is 13.2 Å². The summed E-state index contributed by atoms with van der Waals surface area (Å²) in [6, 6.07) is 4.68. The molecule has 6 nitrogen and oxygen atoms in total. The van der Waals surface area contributed by atoms with E-state index in [0.29, 0.717) is 4.90 Å². The van der Waals surface area contributed by atoms with E-state index >= 15 is 0 Å². The molecule has 0 aliphatic carbocycles. The minimum absolute atomic E-state index is 0.109. The molecular formula is C12H10F3NO5S. The molecule has 1 aliphatic heterocycles. The molecule has 0 bridgehead atoms. The normalized spacial score (nSPS) is 16.8. The topological polar surface area (TPSA) is 80.8 Å². The summed E-state index contributed by atoms with van der Waals surface area (Å²) in [4.78, 5) is 24.8. The fourth-order valence-corrected chi connectivity index (χ4v) is 2.45. The Kier molecular flexibility index (Phi) is 4.00. The summed E-state index contributed by atoms with van der Waals surface area (Å²) in [7, 11) is -5.77. The van der Waals surface area contributed by atoms with Gasteiger partial charge in [-0.2, -0.15) is 21.6 Å². The molecule has 0 spiro atoms. The number of fused-ring (bicyclic) bond motifs is 1. The number of hydrogen-bond donors (Lipinski definition) is 0. The average molecular weight is 337 g/mol. The third kappa shape index (κ3) is 2.71. The molecule has 0 fully saturated rings. The van der Waals surface area contributed by atoms with Gasteiger partial charge in [0.2, 0.25) is 0 Å². The van der Waals surface area contributed by atoms with Crippen LogP contribution in [0.5, 0.6) is 0 Å². The van der Waals surface area contributed by atoms with Gasteiger partial charge in [0, 0.05) is 0 Å². The van der Waals surface area contributed by atoms with Gasteiger partial charge in [-0.05, 0) is 19.1 Å². The van der Waals surface area contributed by atoms with Crippen LogP contribution >= 0.6 is 0 Å². The van der Waals surface area contributed by atoms with Crippen LogP contribution in [0.3, 0.4) is 0 Å². The smallest absolute Gasteiger partial charge is 0.269 e. The monoisotopic (exact) mass is 337 g/mol. The molecule has 0 radical (unpaired) electrons. The Balaban J connectivity index is 2.14. The highest BCUT2D eigenvalue weighted by atomic mass is 32.2. The van der Waals surface area contributed by atoms with E-state index < -0.39 is 40.1 Å². The van der Waals surface area contributed by atoms with Crippen LogP contribution in [0.25, 0.3) is 0 Å². The first-order valence-electron chi connectivity index (χ1n) is 5.99. The second-order valence-corrected chi connectivity index (χ2v) is 6.17. The molecule has 0 saturated heterocycles. The van der Waals surface area contributed by atoms with Crippen LogP contribution in [0.2, 0.25) is 0 Å². The molecule has 1 aliphatic rings. The number of rotatable bonds is 4. The molecule has 22 heavy (non-hydrogen) atoms. The minimum Gasteiger partial charge on any atom is -0.269 e. The zero-order valence-electron chi connectivity index (χ0n) is 11.1. The van der Waals surface area contributed by atoms with E-state index in [9.17, 15) is 31.2 Å². The van der Waals surface area contributed by atoms with E-state index in [4.69, 9.17) is 0 Å². The Morgan fingerprint density at radius 1 is 1.14 bits per heavy atom. The molecule has 1 unspecified atom stereocenters. The molecule has 2 amide bonds. The zero-order chi connectivity index (χ0) is 16.7. The summed E-state index contributed by atoms with van der Waals surface area (Å²) in [5, 5.41) is 0. The van der Waals surface area contributed by atoms with E-state index in [1.807, 2.05) is 0 Å². The fourth-order valence-electron chi connectivity index (χ4n) is 1.94. The lowest BCUT2D eigenvalue weighted by molar-refractivity contribution is -0.0549. The van der Waals surface area contributed by atoms with Crippen molar-refractivity contribution in [2.45, 2.75) is 18.5 Å². The molecule has 0 N–H and O–H groups in total. The lowest BCUT2D eigenvalue weighted by atomic mass is 10.1. The van der Waals surface area contributed by atoms with Crippen molar-refractivity contribution >= 4 is 21.9 Å². The van der Waals surface area contributed by atoms with Gasteiger partial charge in [0.15, 0.2) is 0 Å². The summed E-state index contributed by atoms with van der Waals surface area (Å²) in [5.41, 5.74) is -5.34. The first-order valence-corrected chi connectivity index (χ1v) is 7.39. The van der Waals surface area contributed by atoms with Gasteiger partial charge in [-0.1, -0.05) is 12.1 Å². The summed E-state index contributed by atoms with van der Waals surface area (Å²) in [6.45, 7) is 0.237. The first-order chi connectivity index (χ1) is 10.1. The Hall–Kier alpha value is -1.94. The van der Waals surface area contributed by atoms with Crippen molar-refractivity contribution in [3.05, 3.63) is 35.4 Å². The van der Waals surface area contributed by atoms with Gasteiger partial charge >= 0.3 is 15.6 Å². The molecule has 10 heteroatoms. The predicted octanol–water partition coefficient (Wildman–Crippen LogP) is 1.54. The average Bonchev–Trinajstić information content (AvgIpc) is 2.68. The van der Waals surface area contributed by atoms with E-state index in [0.717, 1.165) is 0 Å². The second kappa shape index (κ2) is 5.36. The SMILES string of the molecule is CC(COS(=O)(=O)C(F)(F)F)N1C(=O)c2ccccc2C1=O. The number of halogens is 3. The Labute approximate surface area is 123 Å². The Morgan fingerprint density at radius 3 is 2.00 bits per heavy atom. The van der Waals surface area contributed by atoms with E-state index in [1.165, 1.54) is 31.2 Å². The maximum atomic E-state index is 12.2. The summed E-state index contributed by atoms with van der Waals surface area (Å²) in [6.07, 6.45) is 0. The van der Waals surface area contributed by atoms with Crippen molar-refractivity contribution in [1.82, 2.24) is 4.90 Å². The fraction of sp³-hybridized carbons (Fsp3) is 0.333. The van der Waals surface area contributed by atoms with Gasteiger partial charge in [-0.25, -0.2) is 0 Å². The molecule has 2 rings (SSSR count). The van der Waals surface area contributed by atoms with Crippen LogP contribution in [0.15, 0.2) is 24.3 Å². The van der Waals surface area contributed by atoms with Gasteiger partial charge in [-0.3, -0.25) is 18.7 Å². The third-order valence-corrected chi connectivity index (χ3v) is 4.03. The highest BCUT2D eigenvalue weighted by Gasteiger charge is 2.48. The van der Waals surface area contributed by atoms with Gasteiger partial charge in [0.25, 0.3) is 11.8 Å². The van der Waals surface area contributed by atoms with E-state index in [2.05, 4.69) is 4.18 Å². The van der Waals surface area contributed by atoms with E-state index in [-0.39, 0.29) is 11.1 Å². The minimum atomic E-state index is -5.77. The number of nitrogens with zero attached hydrogens (tertiary/aromatic N) is 1. The lowest BCUT2D eigenvalue weighted by Gasteiger charge is -2.22. The molecule has 0 aromatic heterocycles. The maximum Gasteiger partial charge on any atom is 0.523 e. The summed E-state index contributed by atoms with van der Waals surface area (Å²) in [5.74, 6) is -1.41. The number of alkyl halides is 3. The molecule has 120 valence electrons. The molecule has 1 atom stereocenters. The van der Waals surface area contributed by atoms with Crippen LogP contribution in [-0.2, 0) is 14.3 Å². The molecule has 1 heterocycles. The highest BCUT2D eigenvalue weighted by molar-refractivity contribution is 7.87. The van der Waals surface area contributed by atoms with E-state index in [1.54, 1.807) is 0 Å². The zero-order valence-corrected chi connectivity index (χ0v) is 11.9. The quantitative estimate of drug-likeness (QED) is 0.473. The highest BCUT2D eigenvalue weighted by Crippen LogP contribution is 2.27. The van der Waals surface area contributed by atoms with Crippen molar-refractivity contribution in [2.75, 3.05) is 6.61 Å². The summed E-state index contributed by atoms with van der Waals surface area (Å²) >= 11 is 0. The molecule has 1 aromatic rings. The van der Waals surface area contributed by atoms with Gasteiger partial charge in [-0.15, -0.1) is 0 Å². The Morgan fingerprint density at radius 2 is 1.59 bits per heavy atom. The predicted molar refractivity (Wildman–Crippen MR) is 67.3 cm³/mol. The van der Waals surface area contributed by atoms with Gasteiger partial charge in [0.1, 0.15) is 0 Å². The van der Waals surface area contributed by atoms with Crippen LogP contribution < -0.4 is 0 Å².